The minimum Gasteiger partial charge on any atom is -0.356 e. The van der Waals surface area contributed by atoms with Crippen molar-refractivity contribution in [2.45, 2.75) is 37.1 Å². The Morgan fingerprint density at radius 1 is 1.28 bits per heavy atom. The molecule has 0 aromatic heterocycles. The first kappa shape index (κ1) is 11.6. The van der Waals surface area contributed by atoms with Crippen LogP contribution in [0.1, 0.15) is 31.2 Å². The van der Waals surface area contributed by atoms with Gasteiger partial charge in [-0.05, 0) is 31.2 Å². The summed E-state index contributed by atoms with van der Waals surface area (Å²) < 4.78 is 0. The molecule has 0 spiro atoms. The van der Waals surface area contributed by atoms with Gasteiger partial charge in [0.05, 0.1) is 0 Å². The smallest absolute Gasteiger partial charge is 0.191 e. The molecule has 2 saturated carbocycles. The summed E-state index contributed by atoms with van der Waals surface area (Å²) in [5, 5.41) is 6.91. The third-order valence-electron chi connectivity index (χ3n) is 3.98. The topological polar surface area (TPSA) is 36.4 Å². The molecule has 0 bridgehead atoms. The van der Waals surface area contributed by atoms with Gasteiger partial charge in [0.1, 0.15) is 0 Å². The highest BCUT2D eigenvalue weighted by Gasteiger charge is 2.44. The molecular formula is C15H21N3. The molecule has 3 rings (SSSR count). The van der Waals surface area contributed by atoms with E-state index < -0.39 is 0 Å². The zero-order chi connectivity index (χ0) is 12.4. The Balaban J connectivity index is 1.59. The van der Waals surface area contributed by atoms with Crippen molar-refractivity contribution in [2.75, 3.05) is 13.6 Å². The Morgan fingerprint density at radius 3 is 2.56 bits per heavy atom. The molecule has 0 saturated heterocycles. The summed E-state index contributed by atoms with van der Waals surface area (Å²) in [6.45, 7) is 0.989. The maximum atomic E-state index is 4.29. The lowest BCUT2D eigenvalue weighted by molar-refractivity contribution is 0.645. The third kappa shape index (κ3) is 2.50. The van der Waals surface area contributed by atoms with E-state index in [0.717, 1.165) is 12.5 Å². The normalized spacial score (nSPS) is 21.5. The second kappa shape index (κ2) is 4.63. The Bertz CT molecular complexity index is 430. The van der Waals surface area contributed by atoms with E-state index in [9.17, 15) is 0 Å². The molecule has 1 aromatic rings. The lowest BCUT2D eigenvalue weighted by atomic mass is 9.96. The molecule has 3 nitrogen and oxygen atoms in total. The first-order valence-electron chi connectivity index (χ1n) is 6.85. The van der Waals surface area contributed by atoms with Crippen LogP contribution in [0.3, 0.4) is 0 Å². The molecular weight excluding hydrogens is 222 g/mol. The Labute approximate surface area is 109 Å². The van der Waals surface area contributed by atoms with Crippen molar-refractivity contribution in [3.8, 4) is 0 Å². The quantitative estimate of drug-likeness (QED) is 0.627. The summed E-state index contributed by atoms with van der Waals surface area (Å²) in [6, 6.07) is 11.5. The summed E-state index contributed by atoms with van der Waals surface area (Å²) in [5.74, 6) is 0.958. The van der Waals surface area contributed by atoms with Gasteiger partial charge in [-0.1, -0.05) is 30.3 Å². The maximum Gasteiger partial charge on any atom is 0.191 e. The van der Waals surface area contributed by atoms with E-state index in [0.29, 0.717) is 11.5 Å². The van der Waals surface area contributed by atoms with Gasteiger partial charge in [0.25, 0.3) is 0 Å². The molecule has 0 amide bonds. The first-order chi connectivity index (χ1) is 8.82. The number of aliphatic imine (C=N–C) groups is 1. The molecule has 2 aliphatic rings. The summed E-state index contributed by atoms with van der Waals surface area (Å²) >= 11 is 0. The minimum atomic E-state index is 0.350. The number of hydrogen-bond acceptors (Lipinski definition) is 1. The summed E-state index contributed by atoms with van der Waals surface area (Å²) in [4.78, 5) is 4.29. The average Bonchev–Trinajstić information content (AvgIpc) is 3.31. The van der Waals surface area contributed by atoms with Gasteiger partial charge in [-0.15, -0.1) is 0 Å². The van der Waals surface area contributed by atoms with E-state index in [1.54, 1.807) is 0 Å². The van der Waals surface area contributed by atoms with Gasteiger partial charge in [-0.2, -0.15) is 0 Å². The number of nitrogens with zero attached hydrogens (tertiary/aromatic N) is 1. The molecule has 0 heterocycles. The molecule has 1 aromatic carbocycles. The van der Waals surface area contributed by atoms with E-state index in [-0.39, 0.29) is 0 Å². The number of hydrogen-bond donors (Lipinski definition) is 2. The van der Waals surface area contributed by atoms with Crippen LogP contribution in [0.25, 0.3) is 0 Å². The minimum absolute atomic E-state index is 0.350. The number of guanidine groups is 1. The third-order valence-corrected chi connectivity index (χ3v) is 3.98. The largest absolute Gasteiger partial charge is 0.356 e. The van der Waals surface area contributed by atoms with Crippen LogP contribution in [0, 0.1) is 0 Å². The molecule has 2 N–H and O–H groups in total. The van der Waals surface area contributed by atoms with Gasteiger partial charge in [-0.3, -0.25) is 4.99 Å². The Kier molecular flexibility index (Phi) is 2.98. The molecule has 0 atom stereocenters. The highest BCUT2D eigenvalue weighted by molar-refractivity contribution is 5.80. The van der Waals surface area contributed by atoms with Crippen molar-refractivity contribution in [3.63, 3.8) is 0 Å². The van der Waals surface area contributed by atoms with Gasteiger partial charge < -0.3 is 10.6 Å². The van der Waals surface area contributed by atoms with E-state index in [1.807, 2.05) is 7.05 Å². The lowest BCUT2D eigenvalue weighted by Gasteiger charge is -2.18. The average molecular weight is 243 g/mol. The maximum absolute atomic E-state index is 4.29. The molecule has 0 radical (unpaired) electrons. The zero-order valence-corrected chi connectivity index (χ0v) is 10.9. The van der Waals surface area contributed by atoms with Gasteiger partial charge >= 0.3 is 0 Å². The van der Waals surface area contributed by atoms with Crippen LogP contribution in [0.2, 0.25) is 0 Å². The zero-order valence-electron chi connectivity index (χ0n) is 10.9. The van der Waals surface area contributed by atoms with Gasteiger partial charge in [0, 0.05) is 25.0 Å². The van der Waals surface area contributed by atoms with Crippen molar-refractivity contribution >= 4 is 5.96 Å². The molecule has 0 aliphatic heterocycles. The summed E-state index contributed by atoms with van der Waals surface area (Å²) in [5.41, 5.74) is 1.81. The first-order valence-corrected chi connectivity index (χ1v) is 6.85. The Hall–Kier alpha value is -1.51. The number of rotatable bonds is 4. The highest BCUT2D eigenvalue weighted by atomic mass is 15.2. The fourth-order valence-corrected chi connectivity index (χ4v) is 2.38. The van der Waals surface area contributed by atoms with E-state index in [2.05, 4.69) is 46.0 Å². The van der Waals surface area contributed by atoms with Crippen LogP contribution in [-0.4, -0.2) is 25.6 Å². The van der Waals surface area contributed by atoms with Crippen molar-refractivity contribution in [3.05, 3.63) is 35.9 Å². The van der Waals surface area contributed by atoms with Crippen LogP contribution < -0.4 is 10.6 Å². The standard InChI is InChI=1S/C15H21N3/c1-16-14(18-13-7-8-13)17-11-15(9-10-15)12-5-3-2-4-6-12/h2-6,13H,7-11H2,1H3,(H2,16,17,18). The highest BCUT2D eigenvalue weighted by Crippen LogP contribution is 2.47. The SMILES string of the molecule is CN=C(NCC1(c2ccccc2)CC1)NC1CC1. The number of nitrogens with one attached hydrogen (secondary N) is 2. The lowest BCUT2D eigenvalue weighted by Crippen LogP contribution is -2.42. The van der Waals surface area contributed by atoms with Gasteiger partial charge in [0.15, 0.2) is 5.96 Å². The van der Waals surface area contributed by atoms with Crippen molar-refractivity contribution < 1.29 is 0 Å². The molecule has 96 valence electrons. The molecule has 3 heteroatoms. The van der Waals surface area contributed by atoms with Crippen LogP contribution in [0.4, 0.5) is 0 Å². The summed E-state index contributed by atoms with van der Waals surface area (Å²) in [6.07, 6.45) is 5.13. The second-order valence-electron chi connectivity index (χ2n) is 5.49. The van der Waals surface area contributed by atoms with Crippen LogP contribution in [0.15, 0.2) is 35.3 Å². The van der Waals surface area contributed by atoms with Crippen LogP contribution in [0.5, 0.6) is 0 Å². The summed E-state index contributed by atoms with van der Waals surface area (Å²) in [7, 11) is 1.85. The van der Waals surface area contributed by atoms with Crippen molar-refractivity contribution in [1.82, 2.24) is 10.6 Å². The van der Waals surface area contributed by atoms with E-state index >= 15 is 0 Å². The molecule has 2 aliphatic carbocycles. The predicted octanol–water partition coefficient (Wildman–Crippen LogP) is 2.05. The fourth-order valence-electron chi connectivity index (χ4n) is 2.38. The monoisotopic (exact) mass is 243 g/mol. The molecule has 2 fully saturated rings. The molecule has 18 heavy (non-hydrogen) atoms. The Morgan fingerprint density at radius 2 is 2.00 bits per heavy atom. The molecule has 0 unspecified atom stereocenters. The fraction of sp³-hybridized carbons (Fsp3) is 0.533. The van der Waals surface area contributed by atoms with E-state index in [4.69, 9.17) is 0 Å². The van der Waals surface area contributed by atoms with Crippen LogP contribution in [-0.2, 0) is 5.41 Å². The van der Waals surface area contributed by atoms with Gasteiger partial charge in [0.2, 0.25) is 0 Å². The van der Waals surface area contributed by atoms with Crippen LogP contribution >= 0.6 is 0 Å². The van der Waals surface area contributed by atoms with Gasteiger partial charge in [-0.25, -0.2) is 0 Å². The van der Waals surface area contributed by atoms with Crippen molar-refractivity contribution in [1.29, 1.82) is 0 Å². The van der Waals surface area contributed by atoms with E-state index in [1.165, 1.54) is 31.2 Å². The number of benzene rings is 1. The second-order valence-corrected chi connectivity index (χ2v) is 5.49. The predicted molar refractivity (Wildman–Crippen MR) is 74.9 cm³/mol. The van der Waals surface area contributed by atoms with Crippen molar-refractivity contribution in [2.24, 2.45) is 4.99 Å².